The summed E-state index contributed by atoms with van der Waals surface area (Å²) in [5.74, 6) is 0. The first-order valence-corrected chi connectivity index (χ1v) is 6.39. The quantitative estimate of drug-likeness (QED) is 0.630. The molecule has 0 aromatic heterocycles. The Bertz CT molecular complexity index is 160. The summed E-state index contributed by atoms with van der Waals surface area (Å²) in [6, 6.07) is 0. The first kappa shape index (κ1) is 13.9. The Morgan fingerprint density at radius 2 is 1.81 bits per heavy atom. The lowest BCUT2D eigenvalue weighted by atomic mass is 10.1. The van der Waals surface area contributed by atoms with Gasteiger partial charge in [0.05, 0.1) is 25.9 Å². The highest BCUT2D eigenvalue weighted by Gasteiger charge is 2.14. The van der Waals surface area contributed by atoms with E-state index in [1.54, 1.807) is 0 Å². The van der Waals surface area contributed by atoms with Gasteiger partial charge in [-0.05, 0) is 32.9 Å². The molecule has 96 valence electrons. The average Bonchev–Trinajstić information content (AvgIpc) is 2.30. The second kappa shape index (κ2) is 8.93. The summed E-state index contributed by atoms with van der Waals surface area (Å²) in [6.45, 7) is 7.28. The Morgan fingerprint density at radius 1 is 1.12 bits per heavy atom. The molecule has 1 aliphatic rings. The first-order valence-electron chi connectivity index (χ1n) is 6.39. The lowest BCUT2D eigenvalue weighted by Gasteiger charge is -2.28. The minimum Gasteiger partial charge on any atom is -0.389 e. The van der Waals surface area contributed by atoms with Crippen LogP contribution in [-0.4, -0.2) is 62.2 Å². The van der Waals surface area contributed by atoms with Crippen LogP contribution in [0.3, 0.4) is 0 Å². The second-order valence-electron chi connectivity index (χ2n) is 4.29. The van der Waals surface area contributed by atoms with Crippen LogP contribution in [-0.2, 0) is 9.47 Å². The monoisotopic (exact) mass is 231 g/mol. The highest BCUT2D eigenvalue weighted by Crippen LogP contribution is 2.08. The van der Waals surface area contributed by atoms with E-state index in [0.29, 0.717) is 19.8 Å². The maximum absolute atomic E-state index is 9.75. The van der Waals surface area contributed by atoms with Gasteiger partial charge < -0.3 is 19.5 Å². The van der Waals surface area contributed by atoms with Crippen LogP contribution in [0.2, 0.25) is 0 Å². The van der Waals surface area contributed by atoms with E-state index in [4.69, 9.17) is 9.47 Å². The first-order chi connectivity index (χ1) is 7.83. The van der Waals surface area contributed by atoms with Crippen molar-refractivity contribution in [2.24, 2.45) is 0 Å². The fourth-order valence-electron chi connectivity index (χ4n) is 1.97. The summed E-state index contributed by atoms with van der Waals surface area (Å²) in [5.41, 5.74) is 0. The van der Waals surface area contributed by atoms with E-state index in [2.05, 4.69) is 4.90 Å². The molecule has 0 amide bonds. The van der Waals surface area contributed by atoms with Crippen molar-refractivity contribution < 1.29 is 14.6 Å². The number of rotatable bonds is 8. The van der Waals surface area contributed by atoms with E-state index in [9.17, 15) is 5.11 Å². The van der Waals surface area contributed by atoms with Crippen LogP contribution < -0.4 is 0 Å². The SMILES string of the molecule is CCOCCOCC(O)CN1CCCCC1. The Kier molecular flexibility index (Phi) is 7.76. The number of hydrogen-bond donors (Lipinski definition) is 1. The molecule has 0 radical (unpaired) electrons. The third-order valence-electron chi connectivity index (χ3n) is 2.80. The van der Waals surface area contributed by atoms with Crippen LogP contribution in [0.25, 0.3) is 0 Å². The Morgan fingerprint density at radius 3 is 2.50 bits per heavy atom. The third-order valence-corrected chi connectivity index (χ3v) is 2.80. The predicted molar refractivity (Wildman–Crippen MR) is 63.6 cm³/mol. The molecule has 1 rings (SSSR count). The van der Waals surface area contributed by atoms with Crippen molar-refractivity contribution in [1.29, 1.82) is 0 Å². The minimum absolute atomic E-state index is 0.361. The molecule has 1 unspecified atom stereocenters. The van der Waals surface area contributed by atoms with E-state index in [1.165, 1.54) is 19.3 Å². The second-order valence-corrected chi connectivity index (χ2v) is 4.29. The standard InChI is InChI=1S/C12H25NO3/c1-2-15-8-9-16-11-12(14)10-13-6-4-3-5-7-13/h12,14H,2-11H2,1H3. The van der Waals surface area contributed by atoms with Gasteiger partial charge in [0.15, 0.2) is 0 Å². The zero-order valence-electron chi connectivity index (χ0n) is 10.4. The maximum atomic E-state index is 9.75. The van der Waals surface area contributed by atoms with Gasteiger partial charge in [0, 0.05) is 13.2 Å². The summed E-state index contributed by atoms with van der Waals surface area (Å²) in [5, 5.41) is 9.75. The summed E-state index contributed by atoms with van der Waals surface area (Å²) in [7, 11) is 0. The zero-order chi connectivity index (χ0) is 11.6. The van der Waals surface area contributed by atoms with Crippen LogP contribution in [0.1, 0.15) is 26.2 Å². The number of aliphatic hydroxyl groups is 1. The minimum atomic E-state index is -0.361. The van der Waals surface area contributed by atoms with Gasteiger partial charge in [-0.1, -0.05) is 6.42 Å². The largest absolute Gasteiger partial charge is 0.389 e. The average molecular weight is 231 g/mol. The molecule has 1 atom stereocenters. The molecule has 16 heavy (non-hydrogen) atoms. The highest BCUT2D eigenvalue weighted by atomic mass is 16.5. The maximum Gasteiger partial charge on any atom is 0.0900 e. The summed E-state index contributed by atoms with van der Waals surface area (Å²) in [6.07, 6.45) is 3.49. The smallest absolute Gasteiger partial charge is 0.0900 e. The lowest BCUT2D eigenvalue weighted by molar-refractivity contribution is -0.00775. The van der Waals surface area contributed by atoms with Crippen LogP contribution in [0.15, 0.2) is 0 Å². The molecule has 1 N–H and O–H groups in total. The number of aliphatic hydroxyl groups excluding tert-OH is 1. The van der Waals surface area contributed by atoms with E-state index < -0.39 is 0 Å². The molecule has 0 bridgehead atoms. The van der Waals surface area contributed by atoms with E-state index >= 15 is 0 Å². The van der Waals surface area contributed by atoms with Crippen molar-refractivity contribution in [1.82, 2.24) is 4.90 Å². The Balaban J connectivity index is 1.95. The van der Waals surface area contributed by atoms with Crippen molar-refractivity contribution >= 4 is 0 Å². The van der Waals surface area contributed by atoms with E-state index in [1.807, 2.05) is 6.92 Å². The molecule has 1 fully saturated rings. The molecule has 0 saturated carbocycles. The molecule has 1 aliphatic heterocycles. The normalized spacial score (nSPS) is 19.9. The Labute approximate surface area is 98.5 Å². The van der Waals surface area contributed by atoms with Crippen LogP contribution >= 0.6 is 0 Å². The molecule has 0 aliphatic carbocycles. The van der Waals surface area contributed by atoms with Gasteiger partial charge in [-0.3, -0.25) is 0 Å². The molecular formula is C12H25NO3. The van der Waals surface area contributed by atoms with Gasteiger partial charge >= 0.3 is 0 Å². The highest BCUT2D eigenvalue weighted by molar-refractivity contribution is 4.68. The van der Waals surface area contributed by atoms with Gasteiger partial charge in [0.25, 0.3) is 0 Å². The number of piperidine rings is 1. The zero-order valence-corrected chi connectivity index (χ0v) is 10.4. The summed E-state index contributed by atoms with van der Waals surface area (Å²) >= 11 is 0. The van der Waals surface area contributed by atoms with Crippen molar-refractivity contribution in [2.75, 3.05) is 46.1 Å². The molecule has 0 aromatic carbocycles. The number of β-amino-alcohol motifs (C(OH)–C–C–N with tert-alkyl or cyclic N) is 1. The van der Waals surface area contributed by atoms with E-state index in [-0.39, 0.29) is 6.10 Å². The van der Waals surface area contributed by atoms with Gasteiger partial charge in [-0.25, -0.2) is 0 Å². The number of hydrogen-bond acceptors (Lipinski definition) is 4. The Hall–Kier alpha value is -0.160. The molecule has 4 nitrogen and oxygen atoms in total. The van der Waals surface area contributed by atoms with Crippen molar-refractivity contribution in [3.8, 4) is 0 Å². The van der Waals surface area contributed by atoms with Gasteiger partial charge in [0.2, 0.25) is 0 Å². The molecule has 0 spiro atoms. The molecular weight excluding hydrogens is 206 g/mol. The van der Waals surface area contributed by atoms with Crippen molar-refractivity contribution in [3.05, 3.63) is 0 Å². The number of ether oxygens (including phenoxy) is 2. The molecule has 0 aromatic rings. The predicted octanol–water partition coefficient (Wildman–Crippen LogP) is 0.886. The fraction of sp³-hybridized carbons (Fsp3) is 1.00. The number of nitrogens with zero attached hydrogens (tertiary/aromatic N) is 1. The van der Waals surface area contributed by atoms with Gasteiger partial charge in [0.1, 0.15) is 0 Å². The van der Waals surface area contributed by atoms with Crippen LogP contribution in [0.4, 0.5) is 0 Å². The summed E-state index contributed by atoms with van der Waals surface area (Å²) < 4.78 is 10.5. The van der Waals surface area contributed by atoms with Crippen molar-refractivity contribution in [3.63, 3.8) is 0 Å². The number of likely N-dealkylation sites (tertiary alicyclic amines) is 1. The lowest BCUT2D eigenvalue weighted by Crippen LogP contribution is -2.38. The summed E-state index contributed by atoms with van der Waals surface area (Å²) in [4.78, 5) is 2.32. The topological polar surface area (TPSA) is 41.9 Å². The van der Waals surface area contributed by atoms with E-state index in [0.717, 1.165) is 26.2 Å². The third kappa shape index (κ3) is 6.43. The molecule has 4 heteroatoms. The van der Waals surface area contributed by atoms with Crippen LogP contribution in [0.5, 0.6) is 0 Å². The van der Waals surface area contributed by atoms with Crippen LogP contribution in [0, 0.1) is 0 Å². The fourth-order valence-corrected chi connectivity index (χ4v) is 1.97. The van der Waals surface area contributed by atoms with Crippen molar-refractivity contribution in [2.45, 2.75) is 32.3 Å². The molecule has 1 heterocycles. The molecule has 1 saturated heterocycles. The van der Waals surface area contributed by atoms with Gasteiger partial charge in [-0.15, -0.1) is 0 Å². The van der Waals surface area contributed by atoms with Gasteiger partial charge in [-0.2, -0.15) is 0 Å².